The number of thiazole rings is 1. The van der Waals surface area contributed by atoms with Crippen LogP contribution in [0.25, 0.3) is 10.2 Å². The molecule has 0 saturated carbocycles. The molecule has 1 unspecified atom stereocenters. The molecule has 1 fully saturated rings. The number of hydrogen-bond donors (Lipinski definition) is 0. The molecule has 162 valence electrons. The second-order valence-corrected chi connectivity index (χ2v) is 8.81. The molecule has 0 bridgehead atoms. The van der Waals surface area contributed by atoms with Gasteiger partial charge in [0.25, 0.3) is 0 Å². The smallest absolute Gasteiger partial charge is 0.233 e. The number of methoxy groups -OCH3 is 1. The van der Waals surface area contributed by atoms with E-state index in [1.807, 2.05) is 18.2 Å². The second-order valence-electron chi connectivity index (χ2n) is 7.43. The molecule has 1 amide bonds. The van der Waals surface area contributed by atoms with Crippen LogP contribution in [0.15, 0.2) is 30.3 Å². The number of hydrogen-bond acceptors (Lipinski definition) is 7. The van der Waals surface area contributed by atoms with Crippen LogP contribution in [0.3, 0.4) is 0 Å². The number of benzene rings is 2. The van der Waals surface area contributed by atoms with Crippen molar-refractivity contribution >= 4 is 44.2 Å². The zero-order valence-corrected chi connectivity index (χ0v) is 18.5. The first kappa shape index (κ1) is 20.4. The molecule has 5 rings (SSSR count). The maximum Gasteiger partial charge on any atom is 0.233 e. The minimum atomic E-state index is -0.0662. The molecule has 31 heavy (non-hydrogen) atoms. The molecule has 0 spiro atoms. The number of rotatable bonds is 6. The third-order valence-corrected chi connectivity index (χ3v) is 6.94. The van der Waals surface area contributed by atoms with Crippen LogP contribution >= 0.6 is 22.9 Å². The molecule has 1 aromatic heterocycles. The van der Waals surface area contributed by atoms with E-state index in [9.17, 15) is 4.79 Å². The van der Waals surface area contributed by atoms with Crippen LogP contribution in [0, 0.1) is 0 Å². The number of carbonyl (C=O) groups excluding carboxylic acids is 1. The van der Waals surface area contributed by atoms with E-state index in [2.05, 4.69) is 0 Å². The molecule has 0 aliphatic carbocycles. The van der Waals surface area contributed by atoms with Gasteiger partial charge in [0.05, 0.1) is 35.9 Å². The Morgan fingerprint density at radius 2 is 2.16 bits per heavy atom. The maximum absolute atomic E-state index is 13.4. The Labute approximate surface area is 188 Å². The lowest BCUT2D eigenvalue weighted by atomic mass is 10.1. The molecule has 9 heteroatoms. The lowest BCUT2D eigenvalue weighted by molar-refractivity contribution is -0.118. The number of nitrogens with zero attached hydrogens (tertiary/aromatic N) is 2. The van der Waals surface area contributed by atoms with Crippen LogP contribution in [0.2, 0.25) is 5.02 Å². The molecule has 7 nitrogen and oxygen atoms in total. The van der Waals surface area contributed by atoms with Crippen LogP contribution in [-0.2, 0) is 16.0 Å². The Balaban J connectivity index is 1.47. The summed E-state index contributed by atoms with van der Waals surface area (Å²) >= 11 is 7.78. The lowest BCUT2D eigenvalue weighted by Gasteiger charge is -2.23. The molecule has 0 radical (unpaired) electrons. The van der Waals surface area contributed by atoms with Gasteiger partial charge in [-0.3, -0.25) is 9.69 Å². The molecule has 1 saturated heterocycles. The first-order valence-electron chi connectivity index (χ1n) is 10.1. The molecule has 0 N–H and O–H groups in total. The molecular weight excluding hydrogens is 440 g/mol. The van der Waals surface area contributed by atoms with E-state index in [1.165, 1.54) is 11.3 Å². The van der Waals surface area contributed by atoms with Gasteiger partial charge in [0.1, 0.15) is 11.3 Å². The summed E-state index contributed by atoms with van der Waals surface area (Å²) in [5, 5.41) is 1.17. The Hall–Kier alpha value is -2.55. The highest BCUT2D eigenvalue weighted by atomic mass is 35.5. The van der Waals surface area contributed by atoms with Crippen LogP contribution in [0.5, 0.6) is 17.2 Å². The molecule has 2 aliphatic rings. The topological polar surface area (TPSA) is 70.1 Å². The van der Waals surface area contributed by atoms with Gasteiger partial charge in [0.15, 0.2) is 16.6 Å². The summed E-state index contributed by atoms with van der Waals surface area (Å²) in [6.45, 7) is 1.36. The highest BCUT2D eigenvalue weighted by molar-refractivity contribution is 7.23. The molecule has 3 heterocycles. The van der Waals surface area contributed by atoms with Gasteiger partial charge in [0, 0.05) is 6.61 Å². The summed E-state index contributed by atoms with van der Waals surface area (Å²) in [6, 6.07) is 9.13. The number of amides is 1. The van der Waals surface area contributed by atoms with Gasteiger partial charge in [-0.2, -0.15) is 0 Å². The zero-order chi connectivity index (χ0) is 21.4. The van der Waals surface area contributed by atoms with Gasteiger partial charge in [-0.15, -0.1) is 0 Å². The summed E-state index contributed by atoms with van der Waals surface area (Å²) in [5.74, 6) is 1.92. The van der Waals surface area contributed by atoms with Crippen molar-refractivity contribution in [2.24, 2.45) is 0 Å². The number of halogens is 1. The summed E-state index contributed by atoms with van der Waals surface area (Å²) in [4.78, 5) is 19.8. The van der Waals surface area contributed by atoms with Gasteiger partial charge in [0.2, 0.25) is 12.7 Å². The molecule has 3 aromatic rings. The van der Waals surface area contributed by atoms with E-state index >= 15 is 0 Å². The maximum atomic E-state index is 13.4. The van der Waals surface area contributed by atoms with Crippen molar-refractivity contribution in [3.05, 3.63) is 40.9 Å². The van der Waals surface area contributed by atoms with Crippen molar-refractivity contribution < 1.29 is 23.7 Å². The third kappa shape index (κ3) is 4.03. The fraction of sp³-hybridized carbons (Fsp3) is 0.364. The minimum absolute atomic E-state index is 0.00918. The monoisotopic (exact) mass is 460 g/mol. The Bertz CT molecular complexity index is 1130. The SMILES string of the molecule is COc1ccc(Cl)c2sc(N(CC3CCCO3)C(=O)Cc3ccc4c(c3)OCO4)nc12. The van der Waals surface area contributed by atoms with Crippen molar-refractivity contribution in [2.75, 3.05) is 32.0 Å². The second kappa shape index (κ2) is 8.53. The van der Waals surface area contributed by atoms with Crippen LogP contribution < -0.4 is 19.1 Å². The van der Waals surface area contributed by atoms with E-state index < -0.39 is 0 Å². The molecule has 2 aliphatic heterocycles. The number of anilines is 1. The average molecular weight is 461 g/mol. The number of fused-ring (bicyclic) bond motifs is 2. The van der Waals surface area contributed by atoms with E-state index in [1.54, 1.807) is 24.1 Å². The Kier molecular flexibility index (Phi) is 5.60. The third-order valence-electron chi connectivity index (χ3n) is 5.40. The van der Waals surface area contributed by atoms with Gasteiger partial charge in [-0.1, -0.05) is 29.0 Å². The molecule has 2 aromatic carbocycles. The number of carbonyl (C=O) groups is 1. The normalized spacial score (nSPS) is 17.3. The molecule has 1 atom stereocenters. The van der Waals surface area contributed by atoms with Gasteiger partial charge >= 0.3 is 0 Å². The van der Waals surface area contributed by atoms with E-state index in [0.29, 0.717) is 46.1 Å². The Morgan fingerprint density at radius 1 is 1.29 bits per heavy atom. The van der Waals surface area contributed by atoms with Gasteiger partial charge in [-0.05, 0) is 42.7 Å². The van der Waals surface area contributed by atoms with Gasteiger partial charge < -0.3 is 18.9 Å². The van der Waals surface area contributed by atoms with Crippen molar-refractivity contribution in [3.63, 3.8) is 0 Å². The highest BCUT2D eigenvalue weighted by Gasteiger charge is 2.27. The number of aromatic nitrogens is 1. The predicted molar refractivity (Wildman–Crippen MR) is 119 cm³/mol. The van der Waals surface area contributed by atoms with Crippen LogP contribution in [0.4, 0.5) is 5.13 Å². The zero-order valence-electron chi connectivity index (χ0n) is 16.9. The summed E-state index contributed by atoms with van der Waals surface area (Å²) < 4.78 is 22.8. The fourth-order valence-corrected chi connectivity index (χ4v) is 5.10. The lowest BCUT2D eigenvalue weighted by Crippen LogP contribution is -2.38. The van der Waals surface area contributed by atoms with Crippen LogP contribution in [0.1, 0.15) is 18.4 Å². The average Bonchev–Trinajstić information content (AvgIpc) is 3.52. The largest absolute Gasteiger partial charge is 0.494 e. The van der Waals surface area contributed by atoms with Crippen LogP contribution in [-0.4, -0.2) is 44.0 Å². The quantitative estimate of drug-likeness (QED) is 0.541. The predicted octanol–water partition coefficient (Wildman–Crippen LogP) is 4.44. The summed E-state index contributed by atoms with van der Waals surface area (Å²) in [6.07, 6.45) is 2.12. The standard InChI is InChI=1S/C22H21ClN2O5S/c1-27-17-7-5-15(23)21-20(17)24-22(31-21)25(11-14-3-2-8-28-14)19(26)10-13-4-6-16-18(9-13)30-12-29-16/h4-7,9,14H,2-3,8,10-12H2,1H3. The van der Waals surface area contributed by atoms with Crippen molar-refractivity contribution in [3.8, 4) is 17.2 Å². The molecular formula is C22H21ClN2O5S. The first-order chi connectivity index (χ1) is 15.1. The highest BCUT2D eigenvalue weighted by Crippen LogP contribution is 2.39. The summed E-state index contributed by atoms with van der Waals surface area (Å²) in [7, 11) is 1.59. The number of ether oxygens (including phenoxy) is 4. The van der Waals surface area contributed by atoms with Crippen molar-refractivity contribution in [1.82, 2.24) is 4.98 Å². The Morgan fingerprint density at radius 3 is 2.97 bits per heavy atom. The van der Waals surface area contributed by atoms with E-state index in [0.717, 1.165) is 23.1 Å². The van der Waals surface area contributed by atoms with Crippen molar-refractivity contribution in [2.45, 2.75) is 25.4 Å². The first-order valence-corrected chi connectivity index (χ1v) is 11.3. The van der Waals surface area contributed by atoms with Gasteiger partial charge in [-0.25, -0.2) is 4.98 Å². The summed E-state index contributed by atoms with van der Waals surface area (Å²) in [5.41, 5.74) is 1.51. The fourth-order valence-electron chi connectivity index (χ4n) is 3.82. The van der Waals surface area contributed by atoms with E-state index in [4.69, 9.17) is 35.5 Å². The van der Waals surface area contributed by atoms with Crippen molar-refractivity contribution in [1.29, 1.82) is 0 Å². The minimum Gasteiger partial charge on any atom is -0.494 e. The van der Waals surface area contributed by atoms with E-state index in [-0.39, 0.29) is 25.2 Å².